The number of hydrogen-bond acceptors (Lipinski definition) is 2. The first-order valence-corrected chi connectivity index (χ1v) is 6.04. The molecule has 14 heavy (non-hydrogen) atoms. The lowest BCUT2D eigenvalue weighted by molar-refractivity contribution is 0.0927. The van der Waals surface area contributed by atoms with Gasteiger partial charge in [0.05, 0.1) is 0 Å². The lowest BCUT2D eigenvalue weighted by Gasteiger charge is -2.19. The van der Waals surface area contributed by atoms with Gasteiger partial charge in [0, 0.05) is 16.7 Å². The molecule has 0 saturated carbocycles. The summed E-state index contributed by atoms with van der Waals surface area (Å²) in [7, 11) is 0. The summed E-state index contributed by atoms with van der Waals surface area (Å²) in [4.78, 5) is 11.6. The van der Waals surface area contributed by atoms with Gasteiger partial charge in [-0.3, -0.25) is 9.89 Å². The summed E-state index contributed by atoms with van der Waals surface area (Å²) in [6, 6.07) is 1.88. The molecule has 4 nitrogen and oxygen atoms in total. The molecule has 0 saturated heterocycles. The molecule has 0 fully saturated rings. The molecule has 0 aliphatic heterocycles. The number of halogens is 1. The Morgan fingerprint density at radius 3 is 2.86 bits per heavy atom. The molecule has 0 bridgehead atoms. The highest BCUT2D eigenvalue weighted by atomic mass is 127. The van der Waals surface area contributed by atoms with Crippen molar-refractivity contribution in [2.75, 3.05) is 4.43 Å². The van der Waals surface area contributed by atoms with Crippen molar-refractivity contribution in [3.05, 3.63) is 18.0 Å². The third-order valence-electron chi connectivity index (χ3n) is 2.03. The molecule has 1 unspecified atom stereocenters. The number of H-pyrrole nitrogens is 1. The van der Waals surface area contributed by atoms with Crippen molar-refractivity contribution in [1.29, 1.82) is 0 Å². The monoisotopic (exact) mass is 307 g/mol. The van der Waals surface area contributed by atoms with Gasteiger partial charge in [-0.15, -0.1) is 0 Å². The molecule has 1 aromatic heterocycles. The second-order valence-corrected chi connectivity index (χ2v) is 4.33. The van der Waals surface area contributed by atoms with Crippen LogP contribution in [0.5, 0.6) is 0 Å². The van der Waals surface area contributed by atoms with Crippen LogP contribution in [-0.4, -0.2) is 26.6 Å². The van der Waals surface area contributed by atoms with E-state index in [-0.39, 0.29) is 11.9 Å². The Kier molecular flexibility index (Phi) is 4.37. The summed E-state index contributed by atoms with van der Waals surface area (Å²) in [6.07, 6.45) is 1.57. The zero-order valence-electron chi connectivity index (χ0n) is 8.25. The number of carbonyl (C=O) groups excluding carboxylic acids is 1. The molecule has 0 aliphatic rings. The van der Waals surface area contributed by atoms with Gasteiger partial charge >= 0.3 is 0 Å². The molecule has 1 rings (SSSR count). The molecule has 1 heterocycles. The maximum atomic E-state index is 11.6. The summed E-state index contributed by atoms with van der Waals surface area (Å²) in [5.41, 5.74) is 0.514. The SMILES string of the molecule is CC(C)C(CI)NC(=O)c1ccn[nH]1. The van der Waals surface area contributed by atoms with Gasteiger partial charge in [-0.25, -0.2) is 0 Å². The van der Waals surface area contributed by atoms with E-state index in [4.69, 9.17) is 0 Å². The van der Waals surface area contributed by atoms with Crippen LogP contribution in [0.3, 0.4) is 0 Å². The van der Waals surface area contributed by atoms with Crippen molar-refractivity contribution in [3.63, 3.8) is 0 Å². The van der Waals surface area contributed by atoms with E-state index in [9.17, 15) is 4.79 Å². The highest BCUT2D eigenvalue weighted by Crippen LogP contribution is 2.06. The van der Waals surface area contributed by atoms with E-state index < -0.39 is 0 Å². The molecule has 78 valence electrons. The van der Waals surface area contributed by atoms with Crippen LogP contribution in [0.4, 0.5) is 0 Å². The van der Waals surface area contributed by atoms with Crippen LogP contribution < -0.4 is 5.32 Å². The molecule has 1 atom stereocenters. The highest BCUT2D eigenvalue weighted by molar-refractivity contribution is 14.1. The first kappa shape index (κ1) is 11.5. The number of rotatable bonds is 4. The number of aromatic amines is 1. The summed E-state index contributed by atoms with van der Waals surface area (Å²) in [5, 5.41) is 9.33. The fourth-order valence-corrected chi connectivity index (χ4v) is 2.25. The smallest absolute Gasteiger partial charge is 0.269 e. The number of hydrogen-bond donors (Lipinski definition) is 2. The van der Waals surface area contributed by atoms with Crippen LogP contribution in [0.1, 0.15) is 24.3 Å². The average Bonchev–Trinajstić information content (AvgIpc) is 2.65. The van der Waals surface area contributed by atoms with Crippen molar-refractivity contribution in [2.24, 2.45) is 5.92 Å². The fraction of sp³-hybridized carbons (Fsp3) is 0.556. The summed E-state index contributed by atoms with van der Waals surface area (Å²) >= 11 is 2.28. The Balaban J connectivity index is 2.56. The van der Waals surface area contributed by atoms with Crippen LogP contribution in [-0.2, 0) is 0 Å². The molecule has 1 aromatic rings. The number of amides is 1. The van der Waals surface area contributed by atoms with Crippen LogP contribution in [0.2, 0.25) is 0 Å². The molecule has 0 aliphatic carbocycles. The number of nitrogens with one attached hydrogen (secondary N) is 2. The van der Waals surface area contributed by atoms with Gasteiger partial charge in [0.2, 0.25) is 0 Å². The molecule has 0 spiro atoms. The summed E-state index contributed by atoms with van der Waals surface area (Å²) < 4.78 is 0.912. The predicted molar refractivity (Wildman–Crippen MR) is 63.6 cm³/mol. The van der Waals surface area contributed by atoms with Gasteiger partial charge in [-0.1, -0.05) is 36.4 Å². The standard InChI is InChI=1S/C9H14IN3O/c1-6(2)8(5-10)12-9(14)7-3-4-11-13-7/h3-4,6,8H,5H2,1-2H3,(H,11,13)(H,12,14). The predicted octanol–water partition coefficient (Wildman–Crippen LogP) is 1.60. The normalized spacial score (nSPS) is 12.9. The molecule has 2 N–H and O–H groups in total. The summed E-state index contributed by atoms with van der Waals surface area (Å²) in [6.45, 7) is 4.19. The molecular formula is C9H14IN3O. The van der Waals surface area contributed by atoms with Gasteiger partial charge < -0.3 is 5.32 Å². The average molecular weight is 307 g/mol. The zero-order valence-corrected chi connectivity index (χ0v) is 10.4. The van der Waals surface area contributed by atoms with Crippen molar-refractivity contribution in [3.8, 4) is 0 Å². The second kappa shape index (κ2) is 5.33. The second-order valence-electron chi connectivity index (χ2n) is 3.45. The Hall–Kier alpha value is -0.590. The van der Waals surface area contributed by atoms with Gasteiger partial charge in [0.15, 0.2) is 0 Å². The largest absolute Gasteiger partial charge is 0.347 e. The minimum absolute atomic E-state index is 0.0853. The molecule has 0 radical (unpaired) electrons. The van der Waals surface area contributed by atoms with Crippen molar-refractivity contribution in [1.82, 2.24) is 15.5 Å². The maximum absolute atomic E-state index is 11.6. The van der Waals surface area contributed by atoms with Crippen LogP contribution in [0, 0.1) is 5.92 Å². The van der Waals surface area contributed by atoms with Crippen LogP contribution >= 0.6 is 22.6 Å². The number of nitrogens with zero attached hydrogens (tertiary/aromatic N) is 1. The third-order valence-corrected chi connectivity index (χ3v) is 2.98. The molecule has 0 aromatic carbocycles. The molecule has 5 heteroatoms. The van der Waals surface area contributed by atoms with E-state index in [1.165, 1.54) is 0 Å². The van der Waals surface area contributed by atoms with Gasteiger partial charge in [-0.05, 0) is 12.0 Å². The van der Waals surface area contributed by atoms with Crippen molar-refractivity contribution < 1.29 is 4.79 Å². The Morgan fingerprint density at radius 1 is 1.71 bits per heavy atom. The number of aromatic nitrogens is 2. The minimum atomic E-state index is -0.0853. The van der Waals surface area contributed by atoms with Crippen LogP contribution in [0.15, 0.2) is 12.3 Å². The zero-order chi connectivity index (χ0) is 10.6. The Bertz CT molecular complexity index is 284. The van der Waals surface area contributed by atoms with E-state index in [1.807, 2.05) is 0 Å². The number of alkyl halides is 1. The molecule has 1 amide bonds. The van der Waals surface area contributed by atoms with Gasteiger partial charge in [0.25, 0.3) is 5.91 Å². The van der Waals surface area contributed by atoms with E-state index in [2.05, 4.69) is 52.0 Å². The first-order valence-electron chi connectivity index (χ1n) is 4.51. The quantitative estimate of drug-likeness (QED) is 0.656. The van der Waals surface area contributed by atoms with Crippen LogP contribution in [0.25, 0.3) is 0 Å². The number of carbonyl (C=O) groups is 1. The fourth-order valence-electron chi connectivity index (χ4n) is 1.01. The highest BCUT2D eigenvalue weighted by Gasteiger charge is 2.16. The van der Waals surface area contributed by atoms with Gasteiger partial charge in [-0.2, -0.15) is 5.10 Å². The Labute approximate surface area is 97.0 Å². The first-order chi connectivity index (χ1) is 6.65. The topological polar surface area (TPSA) is 57.8 Å². The van der Waals surface area contributed by atoms with E-state index in [0.29, 0.717) is 11.6 Å². The van der Waals surface area contributed by atoms with Gasteiger partial charge in [0.1, 0.15) is 5.69 Å². The van der Waals surface area contributed by atoms with E-state index in [0.717, 1.165) is 4.43 Å². The summed E-state index contributed by atoms with van der Waals surface area (Å²) in [5.74, 6) is 0.358. The Morgan fingerprint density at radius 2 is 2.43 bits per heavy atom. The lowest BCUT2D eigenvalue weighted by Crippen LogP contribution is -2.39. The van der Waals surface area contributed by atoms with Crippen molar-refractivity contribution >= 4 is 28.5 Å². The maximum Gasteiger partial charge on any atom is 0.269 e. The lowest BCUT2D eigenvalue weighted by atomic mass is 10.1. The van der Waals surface area contributed by atoms with Crippen molar-refractivity contribution in [2.45, 2.75) is 19.9 Å². The minimum Gasteiger partial charge on any atom is -0.347 e. The third kappa shape index (κ3) is 2.97. The van der Waals surface area contributed by atoms with E-state index >= 15 is 0 Å². The molecular weight excluding hydrogens is 293 g/mol. The van der Waals surface area contributed by atoms with E-state index in [1.54, 1.807) is 12.3 Å².